The number of rotatable bonds is 6. The van der Waals surface area contributed by atoms with E-state index in [2.05, 4.69) is 20.6 Å². The van der Waals surface area contributed by atoms with E-state index in [1.54, 1.807) is 32.4 Å². The normalized spacial score (nSPS) is 10.4. The van der Waals surface area contributed by atoms with Crippen molar-refractivity contribution in [3.8, 4) is 11.5 Å². The zero-order valence-corrected chi connectivity index (χ0v) is 15.3. The zero-order chi connectivity index (χ0) is 19.4. The number of hydrogen-bond acceptors (Lipinski definition) is 7. The first kappa shape index (κ1) is 18.5. The summed E-state index contributed by atoms with van der Waals surface area (Å²) in [6, 6.07) is 9.52. The van der Waals surface area contributed by atoms with Crippen LogP contribution in [0.1, 0.15) is 0 Å². The summed E-state index contributed by atoms with van der Waals surface area (Å²) in [7, 11) is 3.13. The van der Waals surface area contributed by atoms with Crippen LogP contribution in [0.2, 0.25) is 5.02 Å². The minimum atomic E-state index is -0.509. The molecule has 140 valence electrons. The van der Waals surface area contributed by atoms with Crippen LogP contribution in [0.5, 0.6) is 11.5 Å². The van der Waals surface area contributed by atoms with E-state index in [9.17, 15) is 4.39 Å². The van der Waals surface area contributed by atoms with Crippen LogP contribution in [0.25, 0.3) is 0 Å². The van der Waals surface area contributed by atoms with E-state index in [1.807, 2.05) is 0 Å². The summed E-state index contributed by atoms with van der Waals surface area (Å²) in [5.74, 6) is 1.44. The van der Waals surface area contributed by atoms with Gasteiger partial charge in [-0.3, -0.25) is 0 Å². The topological polar surface area (TPSA) is 94.3 Å². The van der Waals surface area contributed by atoms with Gasteiger partial charge in [0.1, 0.15) is 29.3 Å². The van der Waals surface area contributed by atoms with Crippen LogP contribution in [0.3, 0.4) is 0 Å². The zero-order valence-electron chi connectivity index (χ0n) is 14.6. The third-order valence-electron chi connectivity index (χ3n) is 3.73. The molecule has 9 heteroatoms. The molecule has 27 heavy (non-hydrogen) atoms. The van der Waals surface area contributed by atoms with Gasteiger partial charge in [-0.15, -0.1) is 0 Å². The first-order chi connectivity index (χ1) is 13.0. The molecule has 7 nitrogen and oxygen atoms in total. The Kier molecular flexibility index (Phi) is 5.46. The number of nitrogens with one attached hydrogen (secondary N) is 2. The second-order valence-corrected chi connectivity index (χ2v) is 5.84. The summed E-state index contributed by atoms with van der Waals surface area (Å²) in [4.78, 5) is 8.29. The van der Waals surface area contributed by atoms with Gasteiger partial charge in [0.25, 0.3) is 0 Å². The molecule has 0 radical (unpaired) electrons. The maximum Gasteiger partial charge on any atom is 0.159 e. The van der Waals surface area contributed by atoms with E-state index < -0.39 is 5.82 Å². The fraction of sp³-hybridized carbons (Fsp3) is 0.111. The van der Waals surface area contributed by atoms with Crippen LogP contribution in [-0.2, 0) is 0 Å². The van der Waals surface area contributed by atoms with Gasteiger partial charge in [-0.2, -0.15) is 0 Å². The molecule has 0 aliphatic carbocycles. The lowest BCUT2D eigenvalue weighted by atomic mass is 10.2. The fourth-order valence-electron chi connectivity index (χ4n) is 2.34. The van der Waals surface area contributed by atoms with Crippen molar-refractivity contribution in [3.63, 3.8) is 0 Å². The molecule has 0 amide bonds. The van der Waals surface area contributed by atoms with Crippen LogP contribution in [0, 0.1) is 5.82 Å². The SMILES string of the molecule is COc1ccc(OC)c(Nc2ncnc(Nc3ccc(F)c(Cl)c3)c2N)c1. The predicted molar refractivity (Wildman–Crippen MR) is 104 cm³/mol. The molecule has 0 fully saturated rings. The molecule has 3 rings (SSSR count). The summed E-state index contributed by atoms with van der Waals surface area (Å²) >= 11 is 5.80. The summed E-state index contributed by atoms with van der Waals surface area (Å²) in [6.07, 6.45) is 1.35. The van der Waals surface area contributed by atoms with Crippen LogP contribution in [0.15, 0.2) is 42.7 Å². The molecule has 4 N–H and O–H groups in total. The number of ether oxygens (including phenoxy) is 2. The molecule has 0 saturated carbocycles. The molecule has 3 aromatic rings. The summed E-state index contributed by atoms with van der Waals surface area (Å²) < 4.78 is 23.9. The molecule has 0 atom stereocenters. The van der Waals surface area contributed by atoms with Gasteiger partial charge in [0.15, 0.2) is 11.6 Å². The van der Waals surface area contributed by atoms with E-state index in [1.165, 1.54) is 24.5 Å². The first-order valence-electron chi connectivity index (χ1n) is 7.83. The highest BCUT2D eigenvalue weighted by atomic mass is 35.5. The summed E-state index contributed by atoms with van der Waals surface area (Å²) in [6.45, 7) is 0. The van der Waals surface area contributed by atoms with Crippen molar-refractivity contribution in [3.05, 3.63) is 53.6 Å². The van der Waals surface area contributed by atoms with Gasteiger partial charge in [-0.1, -0.05) is 11.6 Å². The Morgan fingerprint density at radius 3 is 2.41 bits per heavy atom. The van der Waals surface area contributed by atoms with E-state index in [4.69, 9.17) is 26.8 Å². The maximum absolute atomic E-state index is 13.3. The highest BCUT2D eigenvalue weighted by Gasteiger charge is 2.12. The van der Waals surface area contributed by atoms with Crippen molar-refractivity contribution in [2.24, 2.45) is 0 Å². The molecule has 0 aliphatic heterocycles. The smallest absolute Gasteiger partial charge is 0.159 e. The van der Waals surface area contributed by atoms with Gasteiger partial charge in [-0.05, 0) is 30.3 Å². The minimum absolute atomic E-state index is 0.00732. The Hall–Kier alpha value is -3.26. The quantitative estimate of drug-likeness (QED) is 0.576. The standard InChI is InChI=1S/C18H17ClFN5O2/c1-26-11-4-6-15(27-2)14(8-11)25-18-16(21)17(22-9-23-18)24-10-3-5-13(20)12(19)7-10/h3-9H,21H2,1-2H3,(H2,22,23,24,25). The average Bonchev–Trinajstić information content (AvgIpc) is 2.67. The Bertz CT molecular complexity index is 970. The summed E-state index contributed by atoms with van der Waals surface area (Å²) in [5.41, 5.74) is 7.61. The molecule has 1 heterocycles. The van der Waals surface area contributed by atoms with Gasteiger partial charge < -0.3 is 25.8 Å². The summed E-state index contributed by atoms with van der Waals surface area (Å²) in [5, 5.41) is 6.09. The van der Waals surface area contributed by atoms with Gasteiger partial charge in [0, 0.05) is 11.8 Å². The molecule has 0 spiro atoms. The van der Waals surface area contributed by atoms with Crippen molar-refractivity contribution in [2.75, 3.05) is 30.6 Å². The van der Waals surface area contributed by atoms with Crippen molar-refractivity contribution in [2.45, 2.75) is 0 Å². The highest BCUT2D eigenvalue weighted by Crippen LogP contribution is 2.34. The van der Waals surface area contributed by atoms with Crippen LogP contribution in [-0.4, -0.2) is 24.2 Å². The maximum atomic E-state index is 13.3. The van der Waals surface area contributed by atoms with Gasteiger partial charge in [-0.25, -0.2) is 14.4 Å². The lowest BCUT2D eigenvalue weighted by Crippen LogP contribution is -2.06. The lowest BCUT2D eigenvalue weighted by Gasteiger charge is -2.15. The average molecular weight is 390 g/mol. The van der Waals surface area contributed by atoms with E-state index >= 15 is 0 Å². The molecule has 0 bridgehead atoms. The molecule has 0 aliphatic rings. The van der Waals surface area contributed by atoms with E-state index in [0.717, 1.165) is 0 Å². The van der Waals surface area contributed by atoms with Gasteiger partial charge >= 0.3 is 0 Å². The number of benzene rings is 2. The third kappa shape index (κ3) is 4.12. The van der Waals surface area contributed by atoms with Crippen molar-refractivity contribution < 1.29 is 13.9 Å². The number of nitrogens with two attached hydrogens (primary N) is 1. The van der Waals surface area contributed by atoms with Crippen molar-refractivity contribution in [1.29, 1.82) is 0 Å². The molecule has 0 unspecified atom stereocenters. The predicted octanol–water partition coefficient (Wildman–Crippen LogP) is 4.36. The number of methoxy groups -OCH3 is 2. The van der Waals surface area contributed by atoms with E-state index in [-0.39, 0.29) is 10.7 Å². The third-order valence-corrected chi connectivity index (χ3v) is 4.02. The Balaban J connectivity index is 1.90. The van der Waals surface area contributed by atoms with Crippen LogP contribution < -0.4 is 25.8 Å². The monoisotopic (exact) mass is 389 g/mol. The second kappa shape index (κ2) is 7.96. The van der Waals surface area contributed by atoms with Crippen molar-refractivity contribution >= 4 is 40.3 Å². The number of nitrogens with zero attached hydrogens (tertiary/aromatic N) is 2. The first-order valence-corrected chi connectivity index (χ1v) is 8.21. The number of aromatic nitrogens is 2. The second-order valence-electron chi connectivity index (χ2n) is 5.43. The molecule has 2 aromatic carbocycles. The largest absolute Gasteiger partial charge is 0.497 e. The number of hydrogen-bond donors (Lipinski definition) is 3. The Labute approximate surface area is 160 Å². The van der Waals surface area contributed by atoms with Gasteiger partial charge in [0.2, 0.25) is 0 Å². The Morgan fingerprint density at radius 1 is 1.00 bits per heavy atom. The molecule has 1 aromatic heterocycles. The number of nitrogen functional groups attached to an aromatic ring is 1. The van der Waals surface area contributed by atoms with Crippen LogP contribution in [0.4, 0.5) is 33.1 Å². The molecular weight excluding hydrogens is 373 g/mol. The Morgan fingerprint density at radius 2 is 1.74 bits per heavy atom. The van der Waals surface area contributed by atoms with Crippen LogP contribution >= 0.6 is 11.6 Å². The molecular formula is C18H17ClFN5O2. The highest BCUT2D eigenvalue weighted by molar-refractivity contribution is 6.31. The number of anilines is 5. The van der Waals surface area contributed by atoms with E-state index in [0.29, 0.717) is 34.5 Å². The minimum Gasteiger partial charge on any atom is -0.497 e. The fourth-order valence-corrected chi connectivity index (χ4v) is 2.53. The molecule has 0 saturated heterocycles. The van der Waals surface area contributed by atoms with Crippen molar-refractivity contribution in [1.82, 2.24) is 9.97 Å². The van der Waals surface area contributed by atoms with Gasteiger partial charge in [0.05, 0.1) is 24.9 Å². The number of halogens is 2. The lowest BCUT2D eigenvalue weighted by molar-refractivity contribution is 0.405.